The smallest absolute Gasteiger partial charge is 0.209 e. The zero-order valence-electron chi connectivity index (χ0n) is 35.2. The molecule has 0 unspecified atom stereocenters. The number of aliphatic hydroxyl groups excluding tert-OH is 1. The summed E-state index contributed by atoms with van der Waals surface area (Å²) >= 11 is 0. The lowest BCUT2D eigenvalue weighted by atomic mass is 9.79. The van der Waals surface area contributed by atoms with Gasteiger partial charge in [-0.25, -0.2) is 0 Å². The van der Waals surface area contributed by atoms with E-state index in [2.05, 4.69) is 87.4 Å². The number of ketones is 1. The second-order valence-electron chi connectivity index (χ2n) is 17.9. The SMILES string of the molecule is CCCCN1C(=CC2=C(O)C(=c3ccc4ccc5c(=c6c(=O)c(=CC7=[N+](CCCC)c8ccccc8C7(C)C)c6=O)ccc6ccc3c4c65)C2=O)C(C)(C)c2ccccc21. The maximum Gasteiger partial charge on any atom is 0.209 e. The first kappa shape index (κ1) is 37.8. The van der Waals surface area contributed by atoms with Gasteiger partial charge in [0.15, 0.2) is 5.71 Å². The Morgan fingerprint density at radius 3 is 1.93 bits per heavy atom. The molecule has 6 nitrogen and oxygen atoms in total. The number of anilines is 1. The zero-order valence-corrected chi connectivity index (χ0v) is 35.2. The molecule has 7 aromatic carbocycles. The Morgan fingerprint density at radius 1 is 0.667 bits per heavy atom. The van der Waals surface area contributed by atoms with Crippen molar-refractivity contribution >= 4 is 66.8 Å². The van der Waals surface area contributed by atoms with E-state index < -0.39 is 0 Å². The van der Waals surface area contributed by atoms with Crippen LogP contribution in [0.3, 0.4) is 0 Å². The van der Waals surface area contributed by atoms with Crippen molar-refractivity contribution in [2.75, 3.05) is 18.0 Å². The second-order valence-corrected chi connectivity index (χ2v) is 17.9. The third kappa shape index (κ3) is 5.19. The van der Waals surface area contributed by atoms with Crippen molar-refractivity contribution in [3.63, 3.8) is 0 Å². The summed E-state index contributed by atoms with van der Waals surface area (Å²) in [5.41, 5.74) is 6.12. The molecule has 0 atom stereocenters. The molecule has 0 saturated heterocycles. The Morgan fingerprint density at radius 2 is 1.27 bits per heavy atom. The summed E-state index contributed by atoms with van der Waals surface area (Å²) < 4.78 is 2.28. The number of nitrogens with zero attached hydrogens (tertiary/aromatic N) is 2. The highest BCUT2D eigenvalue weighted by Gasteiger charge is 2.45. The number of rotatable bonds is 8. The molecular formula is C54H49N2O4+. The van der Waals surface area contributed by atoms with Gasteiger partial charge in [-0.3, -0.25) is 14.4 Å². The molecule has 0 amide bonds. The van der Waals surface area contributed by atoms with Gasteiger partial charge in [-0.1, -0.05) is 125 Å². The summed E-state index contributed by atoms with van der Waals surface area (Å²) in [4.78, 5) is 44.9. The van der Waals surface area contributed by atoms with Crippen LogP contribution in [0.1, 0.15) is 78.4 Å². The number of fused-ring (bicyclic) bond motifs is 2. The average molecular weight is 790 g/mol. The molecule has 298 valence electrons. The highest BCUT2D eigenvalue weighted by molar-refractivity contribution is 6.38. The topological polar surface area (TPSA) is 77.7 Å². The van der Waals surface area contributed by atoms with Gasteiger partial charge in [0.1, 0.15) is 12.3 Å². The molecule has 0 saturated carbocycles. The summed E-state index contributed by atoms with van der Waals surface area (Å²) in [6, 6.07) is 32.6. The fourth-order valence-corrected chi connectivity index (χ4v) is 10.4. The fraction of sp³-hybridized carbons (Fsp3) is 0.259. The largest absolute Gasteiger partial charge is 0.506 e. The fourth-order valence-electron chi connectivity index (χ4n) is 10.4. The van der Waals surface area contributed by atoms with Gasteiger partial charge in [-0.05, 0) is 80.7 Å². The predicted molar refractivity (Wildman–Crippen MR) is 245 cm³/mol. The molecule has 1 aliphatic carbocycles. The monoisotopic (exact) mass is 789 g/mol. The molecule has 0 bridgehead atoms. The van der Waals surface area contributed by atoms with Gasteiger partial charge in [0, 0.05) is 47.5 Å². The van der Waals surface area contributed by atoms with Crippen LogP contribution in [0, 0.1) is 10.4 Å². The van der Waals surface area contributed by atoms with Crippen LogP contribution in [0.15, 0.2) is 130 Å². The number of allylic oxidation sites excluding steroid dienone is 4. The Bertz CT molecular complexity index is 3390. The van der Waals surface area contributed by atoms with Crippen molar-refractivity contribution in [1.29, 1.82) is 0 Å². The Hall–Kier alpha value is -6.40. The van der Waals surface area contributed by atoms with Gasteiger partial charge >= 0.3 is 0 Å². The molecule has 60 heavy (non-hydrogen) atoms. The lowest BCUT2D eigenvalue weighted by molar-refractivity contribution is -0.437. The van der Waals surface area contributed by atoms with Crippen LogP contribution in [-0.4, -0.2) is 34.3 Å². The number of para-hydroxylation sites is 2. The van der Waals surface area contributed by atoms with Crippen molar-refractivity contribution in [2.45, 2.75) is 78.1 Å². The molecule has 0 radical (unpaired) electrons. The van der Waals surface area contributed by atoms with Crippen LogP contribution in [0.25, 0.3) is 44.0 Å². The molecule has 3 aliphatic rings. The number of unbranched alkanes of at least 4 members (excludes halogenated alkanes) is 2. The minimum absolute atomic E-state index is 0.00520. The van der Waals surface area contributed by atoms with Gasteiger partial charge in [-0.15, -0.1) is 0 Å². The van der Waals surface area contributed by atoms with Crippen LogP contribution >= 0.6 is 0 Å². The summed E-state index contributed by atoms with van der Waals surface area (Å²) in [6.07, 6.45) is 7.83. The normalized spacial score (nSPS) is 18.5. The highest BCUT2D eigenvalue weighted by atomic mass is 16.3. The Labute approximate surface area is 348 Å². The van der Waals surface area contributed by atoms with Gasteiger partial charge in [0.2, 0.25) is 22.3 Å². The number of Topliss-reactive ketones (excluding diaryl/α,β-unsaturated/α-hetero) is 1. The first-order valence-electron chi connectivity index (χ1n) is 21.5. The van der Waals surface area contributed by atoms with Crippen molar-refractivity contribution < 1.29 is 14.5 Å². The van der Waals surface area contributed by atoms with E-state index in [9.17, 15) is 19.5 Å². The van der Waals surface area contributed by atoms with E-state index in [0.717, 1.165) is 93.9 Å². The third-order valence-corrected chi connectivity index (χ3v) is 13.7. The summed E-state index contributed by atoms with van der Waals surface area (Å²) in [5.74, 6) is -0.177. The number of benzene rings is 6. The summed E-state index contributed by atoms with van der Waals surface area (Å²) in [5, 5.41) is 18.9. The minimum atomic E-state index is -0.368. The first-order valence-corrected chi connectivity index (χ1v) is 21.5. The predicted octanol–water partition coefficient (Wildman–Crippen LogP) is 9.15. The standard InChI is InChI=1S/C54H48N2O4/c1-7-9-27-55-41-17-13-11-15-39(41)53(3,4)43(55)29-37-49(57)47(50(37)58)35-25-21-31-20-24-34-36(26-22-32-19-23-33(35)45(31)46(32)34)48-51(59)38(52(48)60)30-44-54(5,6)40-16-12-14-18-42(40)56(44)28-10-8-2/h11-26,29-30H,7-10,27-28H2,1-6H3/p+1. The van der Waals surface area contributed by atoms with Crippen LogP contribution in [0.2, 0.25) is 0 Å². The summed E-state index contributed by atoms with van der Waals surface area (Å²) in [7, 11) is 0. The van der Waals surface area contributed by atoms with E-state index in [-0.39, 0.29) is 43.7 Å². The molecule has 6 heteroatoms. The van der Waals surface area contributed by atoms with Crippen LogP contribution < -0.4 is 26.2 Å². The third-order valence-electron chi connectivity index (χ3n) is 13.7. The van der Waals surface area contributed by atoms with Crippen molar-refractivity contribution in [1.82, 2.24) is 0 Å². The lowest BCUT2D eigenvalue weighted by Gasteiger charge is -2.29. The van der Waals surface area contributed by atoms with E-state index in [1.54, 1.807) is 0 Å². The maximum atomic E-state index is 14.2. The van der Waals surface area contributed by atoms with E-state index >= 15 is 0 Å². The average Bonchev–Trinajstić information content (AvgIpc) is 3.60. The first-order chi connectivity index (χ1) is 28.9. The molecule has 2 heterocycles. The van der Waals surface area contributed by atoms with Gasteiger partial charge in [0.25, 0.3) is 0 Å². The quantitative estimate of drug-likeness (QED) is 0.123. The van der Waals surface area contributed by atoms with E-state index in [0.29, 0.717) is 21.6 Å². The molecule has 0 spiro atoms. The van der Waals surface area contributed by atoms with E-state index in [1.165, 1.54) is 11.1 Å². The second kappa shape index (κ2) is 13.6. The zero-order chi connectivity index (χ0) is 41.8. The van der Waals surface area contributed by atoms with Crippen LogP contribution in [0.5, 0.6) is 0 Å². The lowest BCUT2D eigenvalue weighted by Crippen LogP contribution is -2.51. The number of aliphatic hydroxyl groups is 1. The van der Waals surface area contributed by atoms with Crippen molar-refractivity contribution in [3.05, 3.63) is 173 Å². The number of carbonyl (C=O) groups excluding carboxylic acids is 1. The molecule has 1 N–H and O–H groups in total. The van der Waals surface area contributed by atoms with Gasteiger partial charge in [-0.2, -0.15) is 4.58 Å². The van der Waals surface area contributed by atoms with E-state index in [1.807, 2.05) is 72.8 Å². The van der Waals surface area contributed by atoms with E-state index in [4.69, 9.17) is 0 Å². The van der Waals surface area contributed by atoms with Gasteiger partial charge < -0.3 is 10.0 Å². The molecule has 10 rings (SSSR count). The number of hydrogen-bond donors (Lipinski definition) is 1. The molecule has 0 fully saturated rings. The molecule has 0 aromatic heterocycles. The molecule has 7 aromatic rings. The Balaban J connectivity index is 1.14. The van der Waals surface area contributed by atoms with Crippen molar-refractivity contribution in [2.24, 2.45) is 0 Å². The minimum Gasteiger partial charge on any atom is -0.506 e. The number of carbonyl (C=O) groups is 1. The number of hydrogen-bond acceptors (Lipinski definition) is 5. The molecule has 2 aliphatic heterocycles. The van der Waals surface area contributed by atoms with Crippen LogP contribution in [0.4, 0.5) is 11.4 Å². The maximum absolute atomic E-state index is 14.2. The van der Waals surface area contributed by atoms with Gasteiger partial charge in [0.05, 0.1) is 27.0 Å². The molecular weight excluding hydrogens is 741 g/mol. The summed E-state index contributed by atoms with van der Waals surface area (Å²) in [6.45, 7) is 14.7. The van der Waals surface area contributed by atoms with Crippen molar-refractivity contribution in [3.8, 4) is 0 Å². The highest BCUT2D eigenvalue weighted by Crippen LogP contribution is 2.49. The van der Waals surface area contributed by atoms with Crippen LogP contribution in [-0.2, 0) is 15.6 Å². The Kier molecular flexibility index (Phi) is 8.56.